The van der Waals surface area contributed by atoms with E-state index in [1.165, 1.54) is 0 Å². The summed E-state index contributed by atoms with van der Waals surface area (Å²) in [7, 11) is 0. The maximum atomic E-state index is 12.7. The van der Waals surface area contributed by atoms with Crippen molar-refractivity contribution in [2.45, 2.75) is 25.8 Å². The highest BCUT2D eigenvalue weighted by Gasteiger charge is 2.29. The highest BCUT2D eigenvalue weighted by molar-refractivity contribution is 7.09. The smallest absolute Gasteiger partial charge is 0.247 e. The van der Waals surface area contributed by atoms with Gasteiger partial charge in [0.25, 0.3) is 0 Å². The molecule has 2 aromatic rings. The minimum atomic E-state index is 0.0306. The fraction of sp³-hybridized carbons (Fsp3) is 0.368. The van der Waals surface area contributed by atoms with Gasteiger partial charge in [0.2, 0.25) is 5.91 Å². The Labute approximate surface area is 150 Å². The molecular formula is C19H20N2O3S. The fourth-order valence-corrected chi connectivity index (χ4v) is 3.93. The molecule has 0 spiro atoms. The Morgan fingerprint density at radius 2 is 2.16 bits per heavy atom. The van der Waals surface area contributed by atoms with E-state index >= 15 is 0 Å². The number of nitrogens with zero attached hydrogens (tertiary/aromatic N) is 2. The van der Waals surface area contributed by atoms with Crippen molar-refractivity contribution in [3.8, 4) is 11.5 Å². The first-order valence-electron chi connectivity index (χ1n) is 8.51. The zero-order valence-corrected chi connectivity index (χ0v) is 14.9. The Balaban J connectivity index is 1.52. The number of hydrogen-bond donors (Lipinski definition) is 0. The van der Waals surface area contributed by atoms with Crippen LogP contribution in [-0.2, 0) is 4.79 Å². The number of aryl methyl sites for hydroxylation is 1. The highest BCUT2D eigenvalue weighted by atomic mass is 32.1. The van der Waals surface area contributed by atoms with Crippen LogP contribution in [0.1, 0.15) is 35.1 Å². The number of likely N-dealkylation sites (tertiary alicyclic amines) is 1. The summed E-state index contributed by atoms with van der Waals surface area (Å²) < 4.78 is 11.3. The van der Waals surface area contributed by atoms with Gasteiger partial charge in [0.15, 0.2) is 11.5 Å². The van der Waals surface area contributed by atoms with Crippen molar-refractivity contribution in [2.75, 3.05) is 19.8 Å². The van der Waals surface area contributed by atoms with E-state index in [0.717, 1.165) is 47.2 Å². The number of fused-ring (bicyclic) bond motifs is 1. The first-order chi connectivity index (χ1) is 12.2. The summed E-state index contributed by atoms with van der Waals surface area (Å²) in [5.74, 6) is 1.59. The second-order valence-corrected chi connectivity index (χ2v) is 7.28. The summed E-state index contributed by atoms with van der Waals surface area (Å²) >= 11 is 1.59. The van der Waals surface area contributed by atoms with Gasteiger partial charge in [-0.15, -0.1) is 11.3 Å². The first-order valence-corrected chi connectivity index (χ1v) is 9.39. The third kappa shape index (κ3) is 3.39. The predicted molar refractivity (Wildman–Crippen MR) is 97.0 cm³/mol. The molecular weight excluding hydrogens is 336 g/mol. The normalized spacial score (nSPS) is 19.6. The van der Waals surface area contributed by atoms with E-state index in [2.05, 4.69) is 4.98 Å². The van der Waals surface area contributed by atoms with Gasteiger partial charge in [-0.2, -0.15) is 0 Å². The lowest BCUT2D eigenvalue weighted by Gasteiger charge is -2.26. The van der Waals surface area contributed by atoms with E-state index in [4.69, 9.17) is 9.47 Å². The monoisotopic (exact) mass is 356 g/mol. The number of ether oxygens (including phenoxy) is 2. The van der Waals surface area contributed by atoms with Crippen molar-refractivity contribution in [1.82, 2.24) is 9.88 Å². The molecule has 0 aliphatic carbocycles. The van der Waals surface area contributed by atoms with Crippen molar-refractivity contribution < 1.29 is 14.3 Å². The molecule has 2 aliphatic rings. The predicted octanol–water partition coefficient (Wildman–Crippen LogP) is 3.60. The lowest BCUT2D eigenvalue weighted by atomic mass is 10.0. The van der Waals surface area contributed by atoms with Crippen LogP contribution in [0.15, 0.2) is 29.7 Å². The standard InChI is InChI=1S/C19H20N2O3S/c1-13-20-15(12-25-13)5-7-19(22)21-8-2-3-16(21)14-4-6-17-18(11-14)24-10-9-23-17/h4-7,11-12,16H,2-3,8-10H2,1H3. The van der Waals surface area contributed by atoms with Crippen LogP contribution in [0.5, 0.6) is 11.5 Å². The second-order valence-electron chi connectivity index (χ2n) is 6.22. The quantitative estimate of drug-likeness (QED) is 0.789. The molecule has 3 heterocycles. The first kappa shape index (κ1) is 16.1. The number of aromatic nitrogens is 1. The molecule has 1 unspecified atom stereocenters. The van der Waals surface area contributed by atoms with Gasteiger partial charge in [-0.05, 0) is 43.5 Å². The van der Waals surface area contributed by atoms with Crippen LogP contribution in [0, 0.1) is 6.92 Å². The van der Waals surface area contributed by atoms with Crippen LogP contribution in [0.25, 0.3) is 6.08 Å². The van der Waals surface area contributed by atoms with Crippen molar-refractivity contribution >= 4 is 23.3 Å². The third-order valence-electron chi connectivity index (χ3n) is 4.52. The molecule has 1 atom stereocenters. The van der Waals surface area contributed by atoms with Crippen molar-refractivity contribution in [2.24, 2.45) is 0 Å². The topological polar surface area (TPSA) is 51.7 Å². The number of carbonyl (C=O) groups excluding carboxylic acids is 1. The molecule has 2 aliphatic heterocycles. The lowest BCUT2D eigenvalue weighted by Crippen LogP contribution is -2.29. The summed E-state index contributed by atoms with van der Waals surface area (Å²) in [5, 5.41) is 2.96. The maximum Gasteiger partial charge on any atom is 0.247 e. The Morgan fingerprint density at radius 1 is 1.32 bits per heavy atom. The van der Waals surface area contributed by atoms with Gasteiger partial charge < -0.3 is 14.4 Å². The van der Waals surface area contributed by atoms with Crippen molar-refractivity contribution in [1.29, 1.82) is 0 Å². The van der Waals surface area contributed by atoms with Gasteiger partial charge in [-0.3, -0.25) is 4.79 Å². The van der Waals surface area contributed by atoms with E-state index in [0.29, 0.717) is 13.2 Å². The Kier molecular flexibility index (Phi) is 4.44. The Morgan fingerprint density at radius 3 is 2.96 bits per heavy atom. The lowest BCUT2D eigenvalue weighted by molar-refractivity contribution is -0.126. The molecule has 0 N–H and O–H groups in total. The molecule has 6 heteroatoms. The number of thiazole rings is 1. The molecule has 25 heavy (non-hydrogen) atoms. The molecule has 0 radical (unpaired) electrons. The van der Waals surface area contributed by atoms with E-state index in [1.54, 1.807) is 23.5 Å². The van der Waals surface area contributed by atoms with Gasteiger partial charge in [-0.25, -0.2) is 4.98 Å². The number of amides is 1. The summed E-state index contributed by atoms with van der Waals surface area (Å²) in [6, 6.07) is 6.08. The van der Waals surface area contributed by atoms with Crippen LogP contribution < -0.4 is 9.47 Å². The zero-order chi connectivity index (χ0) is 17.2. The number of hydrogen-bond acceptors (Lipinski definition) is 5. The average Bonchev–Trinajstić information content (AvgIpc) is 3.28. The molecule has 0 bridgehead atoms. The third-order valence-corrected chi connectivity index (χ3v) is 5.31. The number of carbonyl (C=O) groups is 1. The number of benzene rings is 1. The van der Waals surface area contributed by atoms with E-state index in [9.17, 15) is 4.79 Å². The summed E-state index contributed by atoms with van der Waals surface area (Å²) in [4.78, 5) is 19.0. The van der Waals surface area contributed by atoms with Gasteiger partial charge >= 0.3 is 0 Å². The summed E-state index contributed by atoms with van der Waals surface area (Å²) in [6.45, 7) is 3.89. The molecule has 130 valence electrons. The number of rotatable bonds is 3. The minimum absolute atomic E-state index is 0.0306. The molecule has 1 aromatic heterocycles. The van der Waals surface area contributed by atoms with Crippen LogP contribution >= 0.6 is 11.3 Å². The van der Waals surface area contributed by atoms with E-state index in [1.807, 2.05) is 35.4 Å². The van der Waals surface area contributed by atoms with Crippen LogP contribution in [0.4, 0.5) is 0 Å². The summed E-state index contributed by atoms with van der Waals surface area (Å²) in [6.07, 6.45) is 5.40. The van der Waals surface area contributed by atoms with Crippen LogP contribution in [0.2, 0.25) is 0 Å². The van der Waals surface area contributed by atoms with Crippen molar-refractivity contribution in [3.63, 3.8) is 0 Å². The molecule has 1 fully saturated rings. The highest BCUT2D eigenvalue weighted by Crippen LogP contribution is 2.38. The Hall–Kier alpha value is -2.34. The second kappa shape index (κ2) is 6.88. The van der Waals surface area contributed by atoms with Crippen LogP contribution in [0.3, 0.4) is 0 Å². The van der Waals surface area contributed by atoms with E-state index in [-0.39, 0.29) is 11.9 Å². The molecule has 5 nitrogen and oxygen atoms in total. The van der Waals surface area contributed by atoms with Gasteiger partial charge in [0.1, 0.15) is 13.2 Å². The largest absolute Gasteiger partial charge is 0.486 e. The Bertz CT molecular complexity index is 815. The average molecular weight is 356 g/mol. The molecule has 4 rings (SSSR count). The summed E-state index contributed by atoms with van der Waals surface area (Å²) in [5.41, 5.74) is 1.94. The SMILES string of the molecule is Cc1nc(C=CC(=O)N2CCCC2c2ccc3c(c2)OCCO3)cs1. The van der Waals surface area contributed by atoms with Crippen molar-refractivity contribution in [3.05, 3.63) is 45.9 Å². The molecule has 1 saturated heterocycles. The minimum Gasteiger partial charge on any atom is -0.486 e. The van der Waals surface area contributed by atoms with Crippen LogP contribution in [-0.4, -0.2) is 35.5 Å². The van der Waals surface area contributed by atoms with Gasteiger partial charge in [-0.1, -0.05) is 6.07 Å². The zero-order valence-electron chi connectivity index (χ0n) is 14.1. The fourth-order valence-electron chi connectivity index (χ4n) is 3.35. The molecule has 0 saturated carbocycles. The van der Waals surface area contributed by atoms with Gasteiger partial charge in [0.05, 0.1) is 16.7 Å². The maximum absolute atomic E-state index is 12.7. The van der Waals surface area contributed by atoms with Gasteiger partial charge in [0, 0.05) is 18.0 Å². The van der Waals surface area contributed by atoms with E-state index < -0.39 is 0 Å². The molecule has 1 amide bonds. The molecule has 1 aromatic carbocycles.